The Hall–Kier alpha value is -2.60. The molecule has 2 aliphatic rings. The summed E-state index contributed by atoms with van der Waals surface area (Å²) in [7, 11) is 1.40. The van der Waals surface area contributed by atoms with Crippen LogP contribution in [0, 0.1) is 12.8 Å². The lowest BCUT2D eigenvalue weighted by Crippen LogP contribution is -2.37. The second-order valence-electron chi connectivity index (χ2n) is 8.25. The van der Waals surface area contributed by atoms with Crippen LogP contribution < -0.4 is 10.3 Å². The predicted octanol–water partition coefficient (Wildman–Crippen LogP) is 3.20. The topological polar surface area (TPSA) is 60.8 Å². The van der Waals surface area contributed by atoms with Gasteiger partial charge in [0, 0.05) is 42.5 Å². The number of carbonyl (C=O) groups excluding carboxylic acids is 1. The highest BCUT2D eigenvalue weighted by molar-refractivity contribution is 5.98. The second-order valence-corrected chi connectivity index (χ2v) is 8.25. The minimum atomic E-state index is -0.360. The third-order valence-electron chi connectivity index (χ3n) is 6.08. The SMILES string of the molecule is COC(=O)c1cc2c(cc1N1CCOCC1)CC(C(C)C)n1cc(C)c(=O)cc1-2. The molecule has 0 N–H and O–H groups in total. The van der Waals surface area contributed by atoms with Gasteiger partial charge in [-0.15, -0.1) is 0 Å². The van der Waals surface area contributed by atoms with Gasteiger partial charge in [0.05, 0.1) is 37.3 Å². The fourth-order valence-corrected chi connectivity index (χ4v) is 4.40. The number of hydrogen-bond donors (Lipinski definition) is 0. The van der Waals surface area contributed by atoms with E-state index in [9.17, 15) is 9.59 Å². The van der Waals surface area contributed by atoms with Crippen LogP contribution in [0.1, 0.15) is 41.4 Å². The zero-order valence-corrected chi connectivity index (χ0v) is 17.5. The van der Waals surface area contributed by atoms with Gasteiger partial charge in [-0.05, 0) is 37.0 Å². The van der Waals surface area contributed by atoms with Gasteiger partial charge >= 0.3 is 5.97 Å². The van der Waals surface area contributed by atoms with Gasteiger partial charge in [-0.25, -0.2) is 4.79 Å². The molecule has 1 saturated heterocycles. The van der Waals surface area contributed by atoms with Crippen molar-refractivity contribution in [3.05, 3.63) is 51.3 Å². The molecule has 1 aromatic carbocycles. The molecule has 0 aliphatic carbocycles. The fraction of sp³-hybridized carbons (Fsp3) is 0.478. The van der Waals surface area contributed by atoms with E-state index < -0.39 is 0 Å². The van der Waals surface area contributed by atoms with Crippen LogP contribution in [0.5, 0.6) is 0 Å². The Kier molecular flexibility index (Phi) is 5.21. The van der Waals surface area contributed by atoms with E-state index in [-0.39, 0.29) is 17.4 Å². The molecule has 4 rings (SSSR count). The molecular formula is C23H28N2O4. The molecule has 6 heteroatoms. The van der Waals surface area contributed by atoms with Crippen LogP contribution in [0.2, 0.25) is 0 Å². The highest BCUT2D eigenvalue weighted by Crippen LogP contribution is 2.40. The van der Waals surface area contributed by atoms with Crippen molar-refractivity contribution >= 4 is 11.7 Å². The lowest BCUT2D eigenvalue weighted by Gasteiger charge is -2.36. The maximum absolute atomic E-state index is 12.6. The van der Waals surface area contributed by atoms with E-state index in [1.54, 1.807) is 6.07 Å². The number of pyridine rings is 1. The Bertz CT molecular complexity index is 1000. The summed E-state index contributed by atoms with van der Waals surface area (Å²) in [6, 6.07) is 6.00. The summed E-state index contributed by atoms with van der Waals surface area (Å²) >= 11 is 0. The zero-order valence-electron chi connectivity index (χ0n) is 17.5. The number of hydrogen-bond acceptors (Lipinski definition) is 5. The van der Waals surface area contributed by atoms with Gasteiger partial charge in [0.25, 0.3) is 0 Å². The van der Waals surface area contributed by atoms with Crippen molar-refractivity contribution in [3.8, 4) is 11.3 Å². The lowest BCUT2D eigenvalue weighted by atomic mass is 9.86. The summed E-state index contributed by atoms with van der Waals surface area (Å²) in [5.74, 6) is 0.0530. The number of aromatic nitrogens is 1. The van der Waals surface area contributed by atoms with Gasteiger partial charge in [0.15, 0.2) is 5.43 Å². The molecule has 1 fully saturated rings. The number of benzene rings is 1. The first kappa shape index (κ1) is 19.7. The molecule has 0 spiro atoms. The molecular weight excluding hydrogens is 368 g/mol. The first-order valence-electron chi connectivity index (χ1n) is 10.2. The molecule has 1 aromatic heterocycles. The molecule has 154 valence electrons. The smallest absolute Gasteiger partial charge is 0.339 e. The van der Waals surface area contributed by atoms with E-state index in [0.29, 0.717) is 24.7 Å². The molecule has 1 atom stereocenters. The number of fused-ring (bicyclic) bond motifs is 3. The Morgan fingerprint density at radius 2 is 1.93 bits per heavy atom. The number of aryl methyl sites for hydroxylation is 1. The standard InChI is InChI=1S/C23H28N2O4/c1-14(2)19-9-16-10-20(24-5-7-29-8-6-24)18(23(27)28-4)11-17(16)21-12-22(26)15(3)13-25(19)21/h10-14,19H,5-9H2,1-4H3. The van der Waals surface area contributed by atoms with Gasteiger partial charge in [-0.1, -0.05) is 13.8 Å². The normalized spacial score (nSPS) is 18.4. The molecule has 0 bridgehead atoms. The van der Waals surface area contributed by atoms with Gasteiger partial charge < -0.3 is 18.9 Å². The maximum atomic E-state index is 12.6. The van der Waals surface area contributed by atoms with Crippen molar-refractivity contribution in [2.45, 2.75) is 33.2 Å². The maximum Gasteiger partial charge on any atom is 0.339 e. The minimum absolute atomic E-state index is 0.0171. The van der Waals surface area contributed by atoms with E-state index in [1.165, 1.54) is 12.7 Å². The van der Waals surface area contributed by atoms with Crippen molar-refractivity contribution in [1.29, 1.82) is 0 Å². The predicted molar refractivity (Wildman–Crippen MR) is 113 cm³/mol. The third-order valence-corrected chi connectivity index (χ3v) is 6.08. The van der Waals surface area contributed by atoms with E-state index >= 15 is 0 Å². The number of nitrogens with zero attached hydrogens (tertiary/aromatic N) is 2. The van der Waals surface area contributed by atoms with Crippen LogP contribution >= 0.6 is 0 Å². The van der Waals surface area contributed by atoms with E-state index in [2.05, 4.69) is 29.4 Å². The summed E-state index contributed by atoms with van der Waals surface area (Å²) in [5.41, 5.74) is 5.17. The second kappa shape index (κ2) is 7.67. The van der Waals surface area contributed by atoms with Crippen molar-refractivity contribution in [2.24, 2.45) is 5.92 Å². The van der Waals surface area contributed by atoms with Crippen LogP contribution in [-0.2, 0) is 15.9 Å². The van der Waals surface area contributed by atoms with Crippen LogP contribution in [0.3, 0.4) is 0 Å². The number of methoxy groups -OCH3 is 1. The molecule has 1 unspecified atom stereocenters. The first-order chi connectivity index (χ1) is 13.9. The van der Waals surface area contributed by atoms with Crippen molar-refractivity contribution < 1.29 is 14.3 Å². The summed E-state index contributed by atoms with van der Waals surface area (Å²) in [6.45, 7) is 9.03. The van der Waals surface area contributed by atoms with E-state index in [4.69, 9.17) is 9.47 Å². The molecule has 3 heterocycles. The van der Waals surface area contributed by atoms with E-state index in [0.717, 1.165) is 42.0 Å². The third kappa shape index (κ3) is 3.46. The van der Waals surface area contributed by atoms with Crippen molar-refractivity contribution in [3.63, 3.8) is 0 Å². The number of ether oxygens (including phenoxy) is 2. The monoisotopic (exact) mass is 396 g/mol. The van der Waals surface area contributed by atoms with Crippen LogP contribution in [0.4, 0.5) is 5.69 Å². The van der Waals surface area contributed by atoms with Crippen LogP contribution in [0.25, 0.3) is 11.3 Å². The molecule has 2 aliphatic heterocycles. The molecule has 0 amide bonds. The van der Waals surface area contributed by atoms with Gasteiger partial charge in [-0.3, -0.25) is 4.79 Å². The summed E-state index contributed by atoms with van der Waals surface area (Å²) < 4.78 is 12.8. The first-order valence-corrected chi connectivity index (χ1v) is 10.2. The minimum Gasteiger partial charge on any atom is -0.465 e. The number of esters is 1. The Labute approximate surface area is 171 Å². The average Bonchev–Trinajstić information content (AvgIpc) is 2.73. The van der Waals surface area contributed by atoms with Crippen LogP contribution in [-0.4, -0.2) is 43.9 Å². The zero-order chi connectivity index (χ0) is 20.7. The molecule has 2 aromatic rings. The highest BCUT2D eigenvalue weighted by Gasteiger charge is 2.30. The van der Waals surface area contributed by atoms with E-state index in [1.807, 2.05) is 19.2 Å². The van der Waals surface area contributed by atoms with Gasteiger partial charge in [0.2, 0.25) is 0 Å². The largest absolute Gasteiger partial charge is 0.465 e. The van der Waals surface area contributed by atoms with Crippen molar-refractivity contribution in [2.75, 3.05) is 38.3 Å². The average molecular weight is 396 g/mol. The molecule has 6 nitrogen and oxygen atoms in total. The quantitative estimate of drug-likeness (QED) is 0.746. The van der Waals surface area contributed by atoms with Crippen molar-refractivity contribution in [1.82, 2.24) is 4.57 Å². The Morgan fingerprint density at radius 1 is 1.21 bits per heavy atom. The highest BCUT2D eigenvalue weighted by atomic mass is 16.5. The Morgan fingerprint density at radius 3 is 2.59 bits per heavy atom. The summed E-state index contributed by atoms with van der Waals surface area (Å²) in [6.07, 6.45) is 2.82. The number of carbonyl (C=O) groups is 1. The number of anilines is 1. The summed E-state index contributed by atoms with van der Waals surface area (Å²) in [5, 5.41) is 0. The lowest BCUT2D eigenvalue weighted by molar-refractivity contribution is 0.0600. The Balaban J connectivity index is 1.93. The fourth-order valence-electron chi connectivity index (χ4n) is 4.40. The van der Waals surface area contributed by atoms with Gasteiger partial charge in [-0.2, -0.15) is 0 Å². The molecule has 29 heavy (non-hydrogen) atoms. The van der Waals surface area contributed by atoms with Gasteiger partial charge in [0.1, 0.15) is 0 Å². The number of rotatable bonds is 3. The molecule has 0 radical (unpaired) electrons. The molecule has 0 saturated carbocycles. The number of morpholine rings is 1. The summed E-state index contributed by atoms with van der Waals surface area (Å²) in [4.78, 5) is 27.3. The van der Waals surface area contributed by atoms with Crippen LogP contribution in [0.15, 0.2) is 29.2 Å².